The van der Waals surface area contributed by atoms with Gasteiger partial charge in [-0.05, 0) is 43.3 Å². The lowest BCUT2D eigenvalue weighted by Gasteiger charge is -2.05. The number of rotatable bonds is 5. The number of benzene rings is 2. The molecule has 3 aromatic rings. The van der Waals surface area contributed by atoms with E-state index in [1.165, 1.54) is 0 Å². The van der Waals surface area contributed by atoms with Gasteiger partial charge in [0.2, 0.25) is 5.82 Å². The summed E-state index contributed by atoms with van der Waals surface area (Å²) in [6, 6.07) is 15.8. The molecule has 0 aliphatic rings. The van der Waals surface area contributed by atoms with Gasteiger partial charge in [-0.1, -0.05) is 18.2 Å². The van der Waals surface area contributed by atoms with Gasteiger partial charge in [0.15, 0.2) is 0 Å². The maximum atomic E-state index is 12.2. The van der Waals surface area contributed by atoms with E-state index in [0.717, 1.165) is 10.4 Å². The van der Waals surface area contributed by atoms with Crippen LogP contribution in [0.1, 0.15) is 17.5 Å². The van der Waals surface area contributed by atoms with E-state index in [2.05, 4.69) is 15.4 Å². The van der Waals surface area contributed by atoms with Crippen molar-refractivity contribution >= 4 is 11.6 Å². The highest BCUT2D eigenvalue weighted by atomic mass is 16.5. The zero-order chi connectivity index (χ0) is 16.9. The number of nitrogens with zero attached hydrogens (tertiary/aromatic N) is 2. The van der Waals surface area contributed by atoms with E-state index in [1.54, 1.807) is 48.5 Å². The molecule has 0 spiro atoms. The third-order valence-corrected chi connectivity index (χ3v) is 3.26. The van der Waals surface area contributed by atoms with Crippen LogP contribution in [0.3, 0.4) is 0 Å². The van der Waals surface area contributed by atoms with Crippen molar-refractivity contribution in [3.63, 3.8) is 0 Å². The molecule has 2 N–H and O–H groups in total. The number of ether oxygens (including phenoxy) is 1. The Labute approximate surface area is 137 Å². The molecule has 7 nitrogen and oxygen atoms in total. The Morgan fingerprint density at radius 1 is 1.17 bits per heavy atom. The normalized spacial score (nSPS) is 10.4. The van der Waals surface area contributed by atoms with E-state index < -0.39 is 11.6 Å². The van der Waals surface area contributed by atoms with Crippen LogP contribution in [0.5, 0.6) is 5.75 Å². The Kier molecular flexibility index (Phi) is 4.42. The summed E-state index contributed by atoms with van der Waals surface area (Å²) in [6.07, 6.45) is 0. The van der Waals surface area contributed by atoms with Crippen molar-refractivity contribution in [3.05, 3.63) is 70.9 Å². The van der Waals surface area contributed by atoms with Crippen molar-refractivity contribution in [1.82, 2.24) is 14.8 Å². The van der Waals surface area contributed by atoms with Crippen molar-refractivity contribution < 1.29 is 9.53 Å². The number of carbonyl (C=O) groups excluding carboxylic acids is 1. The third kappa shape index (κ3) is 3.35. The lowest BCUT2D eigenvalue weighted by Crippen LogP contribution is -2.15. The molecule has 122 valence electrons. The first-order valence-electron chi connectivity index (χ1n) is 7.46. The number of nitrogens with one attached hydrogen (secondary N) is 2. The number of aromatic nitrogens is 3. The molecule has 24 heavy (non-hydrogen) atoms. The molecular formula is C17H16N4O3. The first-order chi connectivity index (χ1) is 11.7. The third-order valence-electron chi connectivity index (χ3n) is 3.26. The number of aromatic amines is 1. The summed E-state index contributed by atoms with van der Waals surface area (Å²) >= 11 is 0. The zero-order valence-electron chi connectivity index (χ0n) is 13.0. The lowest BCUT2D eigenvalue weighted by molar-refractivity contribution is 0.101. The SMILES string of the molecule is CCOc1ccc(NC(=O)c2nn(-c3ccccc3)c(=O)[nH]2)cc1. The molecule has 1 amide bonds. The molecule has 1 heterocycles. The second kappa shape index (κ2) is 6.82. The summed E-state index contributed by atoms with van der Waals surface area (Å²) in [5.41, 5.74) is 0.690. The Balaban J connectivity index is 1.77. The number of H-pyrrole nitrogens is 1. The van der Waals surface area contributed by atoms with Crippen LogP contribution in [0.4, 0.5) is 5.69 Å². The largest absolute Gasteiger partial charge is 0.494 e. The molecule has 0 aliphatic carbocycles. The van der Waals surface area contributed by atoms with Crippen molar-refractivity contribution in [2.75, 3.05) is 11.9 Å². The van der Waals surface area contributed by atoms with Crippen LogP contribution in [0.15, 0.2) is 59.4 Å². The smallest absolute Gasteiger partial charge is 0.348 e. The summed E-state index contributed by atoms with van der Waals surface area (Å²) < 4.78 is 6.49. The van der Waals surface area contributed by atoms with Crippen molar-refractivity contribution in [1.29, 1.82) is 0 Å². The van der Waals surface area contributed by atoms with Gasteiger partial charge in [-0.2, -0.15) is 4.68 Å². The molecule has 0 bridgehead atoms. The van der Waals surface area contributed by atoms with E-state index >= 15 is 0 Å². The first-order valence-corrected chi connectivity index (χ1v) is 7.46. The van der Waals surface area contributed by atoms with Gasteiger partial charge >= 0.3 is 5.69 Å². The molecule has 3 rings (SSSR count). The quantitative estimate of drug-likeness (QED) is 0.753. The van der Waals surface area contributed by atoms with Gasteiger partial charge in [0.1, 0.15) is 5.75 Å². The fraction of sp³-hybridized carbons (Fsp3) is 0.118. The predicted molar refractivity (Wildman–Crippen MR) is 89.7 cm³/mol. The molecule has 0 unspecified atom stereocenters. The standard InChI is InChI=1S/C17H16N4O3/c1-2-24-14-10-8-12(9-11-14)18-16(22)15-19-17(23)21(20-15)13-6-4-3-5-7-13/h3-11H,2H2,1H3,(H,18,22)(H,19,20,23). The summed E-state index contributed by atoms with van der Waals surface area (Å²) in [6.45, 7) is 2.47. The van der Waals surface area contributed by atoms with Gasteiger partial charge in [-0.25, -0.2) is 4.79 Å². The minimum absolute atomic E-state index is 0.0577. The molecular weight excluding hydrogens is 308 g/mol. The van der Waals surface area contributed by atoms with Crippen LogP contribution in [-0.4, -0.2) is 27.3 Å². The molecule has 0 radical (unpaired) electrons. The number of anilines is 1. The van der Waals surface area contributed by atoms with E-state index in [4.69, 9.17) is 4.74 Å². The van der Waals surface area contributed by atoms with Crippen molar-refractivity contribution in [2.24, 2.45) is 0 Å². The molecule has 0 atom stereocenters. The van der Waals surface area contributed by atoms with Crippen LogP contribution >= 0.6 is 0 Å². The monoisotopic (exact) mass is 324 g/mol. The maximum absolute atomic E-state index is 12.2. The van der Waals surface area contributed by atoms with Crippen molar-refractivity contribution in [2.45, 2.75) is 6.92 Å². The Bertz CT molecular complexity index is 882. The fourth-order valence-corrected chi connectivity index (χ4v) is 2.16. The van der Waals surface area contributed by atoms with E-state index in [1.807, 2.05) is 13.0 Å². The van der Waals surface area contributed by atoms with Gasteiger partial charge in [-0.15, -0.1) is 5.10 Å². The summed E-state index contributed by atoms with van der Waals surface area (Å²) in [4.78, 5) is 26.6. The molecule has 7 heteroatoms. The average molecular weight is 324 g/mol. The van der Waals surface area contributed by atoms with Crippen LogP contribution in [-0.2, 0) is 0 Å². The summed E-state index contributed by atoms with van der Waals surface area (Å²) in [7, 11) is 0. The summed E-state index contributed by atoms with van der Waals surface area (Å²) in [5, 5.41) is 6.71. The van der Waals surface area contributed by atoms with Crippen LogP contribution in [0.25, 0.3) is 5.69 Å². The molecule has 0 saturated heterocycles. The topological polar surface area (TPSA) is 89.0 Å². The second-order valence-corrected chi connectivity index (χ2v) is 4.94. The van der Waals surface area contributed by atoms with Gasteiger partial charge in [0.05, 0.1) is 12.3 Å². The van der Waals surface area contributed by atoms with Gasteiger partial charge in [-0.3, -0.25) is 9.78 Å². The van der Waals surface area contributed by atoms with Crippen LogP contribution < -0.4 is 15.7 Å². The Morgan fingerprint density at radius 3 is 2.54 bits per heavy atom. The van der Waals surface area contributed by atoms with Gasteiger partial charge < -0.3 is 10.1 Å². The second-order valence-electron chi connectivity index (χ2n) is 4.94. The highest BCUT2D eigenvalue weighted by molar-refractivity contribution is 6.01. The van der Waals surface area contributed by atoms with Gasteiger partial charge in [0.25, 0.3) is 5.91 Å². The van der Waals surface area contributed by atoms with Crippen LogP contribution in [0.2, 0.25) is 0 Å². The molecule has 1 aromatic heterocycles. The minimum Gasteiger partial charge on any atom is -0.494 e. The van der Waals surface area contributed by atoms with Gasteiger partial charge in [0, 0.05) is 5.69 Å². The number of para-hydroxylation sites is 1. The van der Waals surface area contributed by atoms with E-state index in [0.29, 0.717) is 18.0 Å². The van der Waals surface area contributed by atoms with E-state index in [-0.39, 0.29) is 5.82 Å². The van der Waals surface area contributed by atoms with E-state index in [9.17, 15) is 9.59 Å². The highest BCUT2D eigenvalue weighted by Gasteiger charge is 2.14. The zero-order valence-corrected chi connectivity index (χ0v) is 13.0. The Hall–Kier alpha value is -3.35. The number of hydrogen-bond acceptors (Lipinski definition) is 4. The number of amides is 1. The van der Waals surface area contributed by atoms with Crippen LogP contribution in [0, 0.1) is 0 Å². The Morgan fingerprint density at radius 2 is 1.88 bits per heavy atom. The van der Waals surface area contributed by atoms with Crippen molar-refractivity contribution in [3.8, 4) is 11.4 Å². The average Bonchev–Trinajstić information content (AvgIpc) is 3.00. The molecule has 0 saturated carbocycles. The number of hydrogen-bond donors (Lipinski definition) is 2. The molecule has 0 fully saturated rings. The molecule has 2 aromatic carbocycles. The first kappa shape index (κ1) is 15.5. The summed E-state index contributed by atoms with van der Waals surface area (Å²) in [5.74, 6) is 0.168. The maximum Gasteiger partial charge on any atom is 0.348 e. The predicted octanol–water partition coefficient (Wildman–Crippen LogP) is 2.21. The highest BCUT2D eigenvalue weighted by Crippen LogP contribution is 2.16. The fourth-order valence-electron chi connectivity index (χ4n) is 2.16. The lowest BCUT2D eigenvalue weighted by atomic mass is 10.3. The number of carbonyl (C=O) groups is 1. The minimum atomic E-state index is -0.494. The molecule has 0 aliphatic heterocycles.